The van der Waals surface area contributed by atoms with Gasteiger partial charge in [0.1, 0.15) is 5.69 Å². The minimum atomic E-state index is -0.124. The van der Waals surface area contributed by atoms with Gasteiger partial charge in [0.2, 0.25) is 5.69 Å². The number of hydrogen-bond acceptors (Lipinski definition) is 2. The van der Waals surface area contributed by atoms with Gasteiger partial charge in [0.15, 0.2) is 5.52 Å². The molecular weight excluding hydrogens is 390 g/mol. The van der Waals surface area contributed by atoms with Gasteiger partial charge in [-0.15, -0.1) is 0 Å². The molecule has 3 aromatic carbocycles. The van der Waals surface area contributed by atoms with Crippen LogP contribution in [0.3, 0.4) is 0 Å². The average molecular weight is 419 g/mol. The Bertz CT molecular complexity index is 1410. The first-order chi connectivity index (χ1) is 15.4. The summed E-state index contributed by atoms with van der Waals surface area (Å²) in [6.07, 6.45) is 2.14. The van der Waals surface area contributed by atoms with Crippen molar-refractivity contribution < 1.29 is 4.40 Å². The summed E-state index contributed by atoms with van der Waals surface area (Å²) < 4.78 is 2.23. The van der Waals surface area contributed by atoms with Gasteiger partial charge in [-0.05, 0) is 56.3 Å². The van der Waals surface area contributed by atoms with Gasteiger partial charge >= 0.3 is 5.82 Å². The van der Waals surface area contributed by atoms with Crippen LogP contribution < -0.4 is 9.72 Å². The summed E-state index contributed by atoms with van der Waals surface area (Å²) in [6, 6.07) is 29.8. The van der Waals surface area contributed by atoms with E-state index in [-0.39, 0.29) is 5.54 Å². The molecule has 0 aliphatic heterocycles. The van der Waals surface area contributed by atoms with Gasteiger partial charge < -0.3 is 5.32 Å². The van der Waals surface area contributed by atoms with E-state index in [0.29, 0.717) is 0 Å². The van der Waals surface area contributed by atoms with E-state index < -0.39 is 0 Å². The van der Waals surface area contributed by atoms with Crippen molar-refractivity contribution in [2.45, 2.75) is 33.2 Å². The maximum atomic E-state index is 5.26. The SMILES string of the molecule is Cc1ccc(-c2nc(-c3ccccc3)c(NC(C)(C)C)c3c4ccccc4cc[n+]23)cc1. The number of rotatable bonds is 3. The van der Waals surface area contributed by atoms with Crippen LogP contribution in [0, 0.1) is 6.92 Å². The van der Waals surface area contributed by atoms with Crippen molar-refractivity contribution in [3.63, 3.8) is 0 Å². The Morgan fingerprint density at radius 3 is 2.16 bits per heavy atom. The van der Waals surface area contributed by atoms with Crippen molar-refractivity contribution in [1.82, 2.24) is 4.98 Å². The number of pyridine rings is 1. The number of aryl methyl sites for hydroxylation is 1. The third kappa shape index (κ3) is 3.71. The standard InChI is InChI=1S/C29H28N3/c1-20-14-16-23(17-15-20)28-30-25(22-11-6-5-7-12-22)26(31-29(2,3)4)27-24-13-9-8-10-21(24)18-19-32(27)28/h5-19,31H,1-4H3/q+1. The molecule has 0 atom stereocenters. The van der Waals surface area contributed by atoms with Crippen molar-refractivity contribution in [2.75, 3.05) is 5.32 Å². The van der Waals surface area contributed by atoms with Crippen LogP contribution in [0.4, 0.5) is 5.69 Å². The van der Waals surface area contributed by atoms with E-state index in [1.165, 1.54) is 16.3 Å². The van der Waals surface area contributed by atoms with E-state index in [2.05, 4.69) is 122 Å². The topological polar surface area (TPSA) is 29.0 Å². The van der Waals surface area contributed by atoms with E-state index in [4.69, 9.17) is 4.98 Å². The molecule has 0 aliphatic rings. The molecule has 158 valence electrons. The lowest BCUT2D eigenvalue weighted by atomic mass is 10.0. The highest BCUT2D eigenvalue weighted by Crippen LogP contribution is 2.35. The quantitative estimate of drug-likeness (QED) is 0.257. The fourth-order valence-electron chi connectivity index (χ4n) is 4.18. The highest BCUT2D eigenvalue weighted by molar-refractivity contribution is 6.03. The van der Waals surface area contributed by atoms with Crippen LogP contribution in [-0.4, -0.2) is 10.5 Å². The van der Waals surface area contributed by atoms with E-state index in [1.807, 2.05) is 6.07 Å². The predicted molar refractivity (Wildman–Crippen MR) is 134 cm³/mol. The maximum absolute atomic E-state index is 5.26. The zero-order chi connectivity index (χ0) is 22.3. The number of hydrogen-bond donors (Lipinski definition) is 1. The molecule has 3 nitrogen and oxygen atoms in total. The molecule has 2 aromatic heterocycles. The van der Waals surface area contributed by atoms with Crippen LogP contribution in [0.25, 0.3) is 38.9 Å². The highest BCUT2D eigenvalue weighted by Gasteiger charge is 2.28. The average Bonchev–Trinajstić information content (AvgIpc) is 2.79. The molecule has 0 saturated carbocycles. The molecule has 3 heteroatoms. The molecule has 0 amide bonds. The summed E-state index contributed by atoms with van der Waals surface area (Å²) in [4.78, 5) is 5.26. The van der Waals surface area contributed by atoms with Gasteiger partial charge in [-0.1, -0.05) is 72.3 Å². The minimum Gasteiger partial charge on any atom is -0.373 e. The molecule has 5 aromatic rings. The Kier molecular flexibility index (Phi) is 4.90. The summed E-state index contributed by atoms with van der Waals surface area (Å²) >= 11 is 0. The van der Waals surface area contributed by atoms with Gasteiger partial charge in [0.05, 0.1) is 11.8 Å². The van der Waals surface area contributed by atoms with Crippen molar-refractivity contribution in [1.29, 1.82) is 0 Å². The molecule has 32 heavy (non-hydrogen) atoms. The zero-order valence-corrected chi connectivity index (χ0v) is 19.1. The number of nitrogens with zero attached hydrogens (tertiary/aromatic N) is 2. The van der Waals surface area contributed by atoms with Crippen LogP contribution in [0.15, 0.2) is 91.1 Å². The Balaban J connectivity index is 1.97. The van der Waals surface area contributed by atoms with Crippen LogP contribution in [-0.2, 0) is 0 Å². The molecule has 1 N–H and O–H groups in total. The lowest BCUT2D eigenvalue weighted by Crippen LogP contribution is -2.32. The second-order valence-electron chi connectivity index (χ2n) is 9.39. The van der Waals surface area contributed by atoms with Crippen molar-refractivity contribution in [2.24, 2.45) is 0 Å². The lowest BCUT2D eigenvalue weighted by molar-refractivity contribution is -0.501. The molecule has 2 heterocycles. The van der Waals surface area contributed by atoms with E-state index in [0.717, 1.165) is 33.8 Å². The Labute approximate surface area is 189 Å². The van der Waals surface area contributed by atoms with Gasteiger partial charge in [-0.2, -0.15) is 4.40 Å². The van der Waals surface area contributed by atoms with Crippen LogP contribution in [0.1, 0.15) is 26.3 Å². The fraction of sp³-hybridized carbons (Fsp3) is 0.172. The van der Waals surface area contributed by atoms with Gasteiger partial charge in [-0.3, -0.25) is 0 Å². The predicted octanol–water partition coefficient (Wildman–Crippen LogP) is 6.83. The summed E-state index contributed by atoms with van der Waals surface area (Å²) in [5.74, 6) is 0.934. The molecule has 0 radical (unpaired) electrons. The van der Waals surface area contributed by atoms with Gasteiger partial charge in [-0.25, -0.2) is 0 Å². The zero-order valence-electron chi connectivity index (χ0n) is 19.1. The van der Waals surface area contributed by atoms with E-state index >= 15 is 0 Å². The number of benzene rings is 3. The van der Waals surface area contributed by atoms with Crippen LogP contribution >= 0.6 is 0 Å². The van der Waals surface area contributed by atoms with Crippen molar-refractivity contribution in [3.8, 4) is 22.6 Å². The smallest absolute Gasteiger partial charge is 0.336 e. The molecule has 0 spiro atoms. The minimum absolute atomic E-state index is 0.124. The second kappa shape index (κ2) is 7.76. The molecule has 0 unspecified atom stereocenters. The Morgan fingerprint density at radius 1 is 0.750 bits per heavy atom. The number of fused-ring (bicyclic) bond motifs is 3. The third-order valence-corrected chi connectivity index (χ3v) is 5.64. The van der Waals surface area contributed by atoms with E-state index in [1.54, 1.807) is 0 Å². The highest BCUT2D eigenvalue weighted by atomic mass is 15.1. The maximum Gasteiger partial charge on any atom is 0.336 e. The molecule has 0 bridgehead atoms. The van der Waals surface area contributed by atoms with Crippen molar-refractivity contribution >= 4 is 22.0 Å². The summed E-state index contributed by atoms with van der Waals surface area (Å²) in [6.45, 7) is 8.69. The lowest BCUT2D eigenvalue weighted by Gasteiger charge is -2.23. The molecular formula is C29H28N3+. The number of aromatic nitrogens is 2. The van der Waals surface area contributed by atoms with Gasteiger partial charge in [0.25, 0.3) is 0 Å². The first-order valence-corrected chi connectivity index (χ1v) is 11.1. The Morgan fingerprint density at radius 2 is 1.44 bits per heavy atom. The monoisotopic (exact) mass is 418 g/mol. The summed E-state index contributed by atoms with van der Waals surface area (Å²) in [5, 5.41) is 6.20. The normalized spacial score (nSPS) is 11.8. The van der Waals surface area contributed by atoms with Crippen LogP contribution in [0.2, 0.25) is 0 Å². The summed E-state index contributed by atoms with van der Waals surface area (Å²) in [7, 11) is 0. The molecule has 0 saturated heterocycles. The second-order valence-corrected chi connectivity index (χ2v) is 9.39. The molecule has 0 fully saturated rings. The first-order valence-electron chi connectivity index (χ1n) is 11.1. The van der Waals surface area contributed by atoms with E-state index in [9.17, 15) is 0 Å². The van der Waals surface area contributed by atoms with Crippen LogP contribution in [0.5, 0.6) is 0 Å². The number of anilines is 1. The largest absolute Gasteiger partial charge is 0.373 e. The molecule has 5 rings (SSSR count). The van der Waals surface area contributed by atoms with Gasteiger partial charge in [0, 0.05) is 16.5 Å². The van der Waals surface area contributed by atoms with Crippen molar-refractivity contribution in [3.05, 3.63) is 96.7 Å². The Hall–Kier alpha value is -3.72. The first kappa shape index (κ1) is 20.2. The molecule has 0 aliphatic carbocycles. The third-order valence-electron chi connectivity index (χ3n) is 5.64. The summed E-state index contributed by atoms with van der Waals surface area (Å²) in [5.41, 5.74) is 6.47. The number of nitrogens with one attached hydrogen (secondary N) is 1. The fourth-order valence-corrected chi connectivity index (χ4v) is 4.18.